The molecule has 0 saturated carbocycles. The zero-order valence-electron chi connectivity index (χ0n) is 12.4. The molecule has 110 valence electrons. The van der Waals surface area contributed by atoms with Crippen LogP contribution in [-0.4, -0.2) is 10.5 Å². The highest BCUT2D eigenvalue weighted by Gasteiger charge is 2.11. The van der Waals surface area contributed by atoms with Gasteiger partial charge in [-0.2, -0.15) is 0 Å². The van der Waals surface area contributed by atoms with Gasteiger partial charge >= 0.3 is 0 Å². The van der Waals surface area contributed by atoms with E-state index in [1.807, 2.05) is 26.8 Å². The van der Waals surface area contributed by atoms with Crippen LogP contribution in [0.25, 0.3) is 0 Å². The number of benzene rings is 1. The minimum Gasteiger partial charge on any atom is -0.398 e. The van der Waals surface area contributed by atoms with Crippen LogP contribution in [0.5, 0.6) is 0 Å². The molecule has 0 aliphatic heterocycles. The summed E-state index contributed by atoms with van der Waals surface area (Å²) in [4.78, 5) is 23.9. The molecule has 0 atom stereocenters. The Labute approximate surface area is 123 Å². The molecule has 0 saturated heterocycles. The van der Waals surface area contributed by atoms with Crippen LogP contribution < -0.4 is 16.6 Å². The van der Waals surface area contributed by atoms with Gasteiger partial charge < -0.3 is 15.6 Å². The molecule has 3 N–H and O–H groups in total. The van der Waals surface area contributed by atoms with Crippen molar-refractivity contribution in [2.24, 2.45) is 0 Å². The largest absolute Gasteiger partial charge is 0.398 e. The third-order valence-electron chi connectivity index (χ3n) is 3.44. The smallest absolute Gasteiger partial charge is 0.256 e. The topological polar surface area (TPSA) is 77.1 Å². The summed E-state index contributed by atoms with van der Waals surface area (Å²) in [6.07, 6.45) is 1.63. The Morgan fingerprint density at radius 1 is 1.24 bits per heavy atom. The van der Waals surface area contributed by atoms with Gasteiger partial charge in [-0.25, -0.2) is 0 Å². The lowest BCUT2D eigenvalue weighted by molar-refractivity contribution is 0.102. The number of hydrogen-bond acceptors (Lipinski definition) is 3. The normalized spacial score (nSPS) is 10.4. The first kappa shape index (κ1) is 14.8. The number of nitrogens with two attached hydrogens (primary N) is 1. The Balaban J connectivity index is 2.30. The third-order valence-corrected chi connectivity index (χ3v) is 3.44. The van der Waals surface area contributed by atoms with Crippen molar-refractivity contribution in [1.82, 2.24) is 4.57 Å². The van der Waals surface area contributed by atoms with E-state index in [0.29, 0.717) is 23.5 Å². The summed E-state index contributed by atoms with van der Waals surface area (Å²) in [5, 5.41) is 2.79. The molecule has 5 heteroatoms. The fraction of sp³-hybridized carbons (Fsp3) is 0.250. The number of rotatable bonds is 3. The predicted octanol–water partition coefficient (Wildman–Crippen LogP) is 2.32. The lowest BCUT2D eigenvalue weighted by atomic mass is 10.0. The molecule has 2 aromatic rings. The summed E-state index contributed by atoms with van der Waals surface area (Å²) in [5.41, 5.74) is 9.29. The van der Waals surface area contributed by atoms with E-state index in [9.17, 15) is 9.59 Å². The van der Waals surface area contributed by atoms with E-state index in [1.54, 1.807) is 18.3 Å². The van der Waals surface area contributed by atoms with E-state index in [1.165, 1.54) is 10.6 Å². The van der Waals surface area contributed by atoms with Gasteiger partial charge in [0.25, 0.3) is 11.5 Å². The zero-order valence-corrected chi connectivity index (χ0v) is 12.4. The Kier molecular flexibility index (Phi) is 4.12. The van der Waals surface area contributed by atoms with Crippen LogP contribution in [0.15, 0.2) is 35.3 Å². The molecule has 1 amide bonds. The van der Waals surface area contributed by atoms with Gasteiger partial charge in [0.15, 0.2) is 0 Å². The molecule has 21 heavy (non-hydrogen) atoms. The molecule has 5 nitrogen and oxygen atoms in total. The van der Waals surface area contributed by atoms with E-state index in [4.69, 9.17) is 5.73 Å². The predicted molar refractivity (Wildman–Crippen MR) is 84.7 cm³/mol. The number of amides is 1. The molecule has 0 fully saturated rings. The molecule has 0 bridgehead atoms. The van der Waals surface area contributed by atoms with Crippen molar-refractivity contribution in [2.75, 3.05) is 11.1 Å². The molecule has 0 aliphatic carbocycles. The van der Waals surface area contributed by atoms with E-state index in [2.05, 4.69) is 5.32 Å². The van der Waals surface area contributed by atoms with Crippen molar-refractivity contribution in [1.29, 1.82) is 0 Å². The van der Waals surface area contributed by atoms with Gasteiger partial charge in [-0.1, -0.05) is 6.07 Å². The number of nitrogen functional groups attached to an aromatic ring is 1. The molecule has 0 spiro atoms. The SMILES string of the molecule is CCn1cc(NC(=O)c2cc(N)c(C)cc2C)ccc1=O. The van der Waals surface area contributed by atoms with Crippen LogP contribution in [0, 0.1) is 13.8 Å². The molecule has 1 heterocycles. The summed E-state index contributed by atoms with van der Waals surface area (Å²) in [6, 6.07) is 6.60. The van der Waals surface area contributed by atoms with Gasteiger partial charge in [-0.3, -0.25) is 9.59 Å². The maximum atomic E-state index is 12.3. The van der Waals surface area contributed by atoms with E-state index in [-0.39, 0.29) is 11.5 Å². The fourth-order valence-electron chi connectivity index (χ4n) is 2.16. The van der Waals surface area contributed by atoms with Gasteiger partial charge in [0.2, 0.25) is 0 Å². The van der Waals surface area contributed by atoms with E-state index < -0.39 is 0 Å². The number of nitrogens with one attached hydrogen (secondary N) is 1. The van der Waals surface area contributed by atoms with Gasteiger partial charge in [-0.15, -0.1) is 0 Å². The maximum Gasteiger partial charge on any atom is 0.256 e. The highest BCUT2D eigenvalue weighted by atomic mass is 16.1. The molecular formula is C16H19N3O2. The Morgan fingerprint density at radius 2 is 1.95 bits per heavy atom. The number of aryl methyl sites for hydroxylation is 3. The average molecular weight is 285 g/mol. The molecular weight excluding hydrogens is 266 g/mol. The number of pyridine rings is 1. The summed E-state index contributed by atoms with van der Waals surface area (Å²) >= 11 is 0. The highest BCUT2D eigenvalue weighted by Crippen LogP contribution is 2.19. The summed E-state index contributed by atoms with van der Waals surface area (Å²) < 4.78 is 1.53. The van der Waals surface area contributed by atoms with E-state index in [0.717, 1.165) is 11.1 Å². The summed E-state index contributed by atoms with van der Waals surface area (Å²) in [6.45, 7) is 6.20. The van der Waals surface area contributed by atoms with Gasteiger partial charge in [0.1, 0.15) is 0 Å². The number of carbonyl (C=O) groups is 1. The monoisotopic (exact) mass is 285 g/mol. The molecule has 0 aliphatic rings. The maximum absolute atomic E-state index is 12.3. The third kappa shape index (κ3) is 3.13. The number of aromatic nitrogens is 1. The quantitative estimate of drug-likeness (QED) is 0.850. The highest BCUT2D eigenvalue weighted by molar-refractivity contribution is 6.05. The van der Waals surface area contributed by atoms with Crippen LogP contribution in [-0.2, 0) is 6.54 Å². The standard InChI is InChI=1S/C16H19N3O2/c1-4-19-9-12(5-6-15(19)20)18-16(21)13-8-14(17)11(3)7-10(13)2/h5-9H,4,17H2,1-3H3,(H,18,21). The summed E-state index contributed by atoms with van der Waals surface area (Å²) in [5.74, 6) is -0.236. The Bertz CT molecular complexity index is 748. The molecule has 1 aromatic heterocycles. The average Bonchev–Trinajstić information content (AvgIpc) is 2.44. The first-order valence-electron chi connectivity index (χ1n) is 6.81. The van der Waals surface area contributed by atoms with Crippen LogP contribution in [0.1, 0.15) is 28.4 Å². The van der Waals surface area contributed by atoms with Crippen molar-refractivity contribution in [2.45, 2.75) is 27.3 Å². The van der Waals surface area contributed by atoms with E-state index >= 15 is 0 Å². The number of carbonyl (C=O) groups excluding carboxylic acids is 1. The lowest BCUT2D eigenvalue weighted by Crippen LogP contribution is -2.20. The molecule has 1 aromatic carbocycles. The second-order valence-corrected chi connectivity index (χ2v) is 5.02. The number of nitrogens with zero attached hydrogens (tertiary/aromatic N) is 1. The van der Waals surface area contributed by atoms with Crippen LogP contribution in [0.3, 0.4) is 0 Å². The van der Waals surface area contributed by atoms with Crippen molar-refractivity contribution < 1.29 is 4.79 Å². The van der Waals surface area contributed by atoms with Crippen molar-refractivity contribution in [3.8, 4) is 0 Å². The zero-order chi connectivity index (χ0) is 15.6. The number of anilines is 2. The van der Waals surface area contributed by atoms with Crippen LogP contribution >= 0.6 is 0 Å². The van der Waals surface area contributed by atoms with Crippen molar-refractivity contribution in [3.63, 3.8) is 0 Å². The minimum atomic E-state index is -0.236. The van der Waals surface area contributed by atoms with Gasteiger partial charge in [0.05, 0.1) is 5.69 Å². The lowest BCUT2D eigenvalue weighted by Gasteiger charge is -2.11. The molecule has 0 radical (unpaired) electrons. The molecule has 2 rings (SSSR count). The first-order chi connectivity index (χ1) is 9.92. The van der Waals surface area contributed by atoms with Crippen molar-refractivity contribution >= 4 is 17.3 Å². The second kappa shape index (κ2) is 5.83. The summed E-state index contributed by atoms with van der Waals surface area (Å²) in [7, 11) is 0. The van der Waals surface area contributed by atoms with Gasteiger partial charge in [-0.05, 0) is 44.0 Å². The minimum absolute atomic E-state index is 0.0914. The Hall–Kier alpha value is -2.56. The Morgan fingerprint density at radius 3 is 2.62 bits per heavy atom. The first-order valence-corrected chi connectivity index (χ1v) is 6.81. The fourth-order valence-corrected chi connectivity index (χ4v) is 2.16. The van der Waals surface area contributed by atoms with Crippen LogP contribution in [0.4, 0.5) is 11.4 Å². The van der Waals surface area contributed by atoms with Crippen molar-refractivity contribution in [3.05, 3.63) is 57.5 Å². The second-order valence-electron chi connectivity index (χ2n) is 5.02. The number of hydrogen-bond donors (Lipinski definition) is 2. The van der Waals surface area contributed by atoms with Crippen LogP contribution in [0.2, 0.25) is 0 Å². The molecule has 0 unspecified atom stereocenters. The van der Waals surface area contributed by atoms with Gasteiger partial charge in [0, 0.05) is 30.1 Å².